The molecular weight excluding hydrogens is 274 g/mol. The summed E-state index contributed by atoms with van der Waals surface area (Å²) in [7, 11) is 0.458. The first-order chi connectivity index (χ1) is 9.36. The molecule has 0 radical (unpaired) electrons. The van der Waals surface area contributed by atoms with Crippen molar-refractivity contribution in [1.29, 1.82) is 0 Å². The molecule has 5 nitrogen and oxygen atoms in total. The fourth-order valence-corrected chi connectivity index (χ4v) is 4.10. The van der Waals surface area contributed by atoms with Gasteiger partial charge in [-0.2, -0.15) is 4.31 Å². The number of nitrogens with one attached hydrogen (secondary N) is 1. The highest BCUT2D eigenvalue weighted by Gasteiger charge is 2.34. The van der Waals surface area contributed by atoms with Crippen LogP contribution in [0.25, 0.3) is 0 Å². The highest BCUT2D eigenvalue weighted by Crippen LogP contribution is 2.23. The Balaban J connectivity index is 2.25. The minimum Gasteiger partial charge on any atom is -0.388 e. The Kier molecular flexibility index (Phi) is 4.36. The van der Waals surface area contributed by atoms with Crippen molar-refractivity contribution < 1.29 is 8.42 Å². The largest absolute Gasteiger partial charge is 0.388 e. The second-order valence-corrected chi connectivity index (χ2v) is 7.40. The number of sulfonamides is 1. The van der Waals surface area contributed by atoms with E-state index in [1.807, 2.05) is 14.1 Å². The Labute approximate surface area is 121 Å². The molecule has 0 aliphatic carbocycles. The van der Waals surface area contributed by atoms with Gasteiger partial charge in [0, 0.05) is 37.9 Å². The summed E-state index contributed by atoms with van der Waals surface area (Å²) in [5.41, 5.74) is 0.907. The first-order valence-corrected chi connectivity index (χ1v) is 8.30. The highest BCUT2D eigenvalue weighted by molar-refractivity contribution is 7.89. The number of hydrogen-bond donors (Lipinski definition) is 1. The van der Waals surface area contributed by atoms with Crippen molar-refractivity contribution in [3.05, 3.63) is 24.3 Å². The molecule has 1 aliphatic heterocycles. The van der Waals surface area contributed by atoms with E-state index < -0.39 is 10.0 Å². The smallest absolute Gasteiger partial charge is 0.243 e. The molecule has 1 aliphatic rings. The lowest BCUT2D eigenvalue weighted by Gasteiger charge is -2.41. The molecule has 112 valence electrons. The average Bonchev–Trinajstić information content (AvgIpc) is 2.44. The third-order valence-corrected chi connectivity index (χ3v) is 5.95. The molecule has 6 heteroatoms. The predicted octanol–water partition coefficient (Wildman–Crippen LogP) is 1.44. The summed E-state index contributed by atoms with van der Waals surface area (Å²) in [5.74, 6) is 0. The van der Waals surface area contributed by atoms with E-state index in [1.165, 1.54) is 0 Å². The van der Waals surface area contributed by atoms with E-state index >= 15 is 0 Å². The third kappa shape index (κ3) is 2.82. The van der Waals surface area contributed by atoms with Crippen LogP contribution in [0.1, 0.15) is 13.8 Å². The van der Waals surface area contributed by atoms with Gasteiger partial charge in [0.25, 0.3) is 0 Å². The van der Waals surface area contributed by atoms with Crippen LogP contribution in [0.5, 0.6) is 0 Å². The van der Waals surface area contributed by atoms with Gasteiger partial charge in [0.2, 0.25) is 10.0 Å². The maximum absolute atomic E-state index is 12.7. The van der Waals surface area contributed by atoms with Crippen LogP contribution in [0.15, 0.2) is 29.2 Å². The summed E-state index contributed by atoms with van der Waals surface area (Å²) in [6.45, 7) is 5.19. The molecule has 0 spiro atoms. The molecule has 0 aromatic heterocycles. The van der Waals surface area contributed by atoms with E-state index in [-0.39, 0.29) is 12.1 Å². The topological polar surface area (TPSA) is 52.7 Å². The molecule has 2 atom stereocenters. The lowest BCUT2D eigenvalue weighted by atomic mass is 10.1. The lowest BCUT2D eigenvalue weighted by Crippen LogP contribution is -2.56. The van der Waals surface area contributed by atoms with E-state index in [0.717, 1.165) is 5.69 Å². The summed E-state index contributed by atoms with van der Waals surface area (Å²) < 4.78 is 26.9. The minimum atomic E-state index is -3.40. The lowest BCUT2D eigenvalue weighted by molar-refractivity contribution is 0.105. The Morgan fingerprint density at radius 1 is 1.10 bits per heavy atom. The molecule has 1 N–H and O–H groups in total. The van der Waals surface area contributed by atoms with Crippen LogP contribution < -0.4 is 5.32 Å². The monoisotopic (exact) mass is 297 g/mol. The van der Waals surface area contributed by atoms with Crippen molar-refractivity contribution >= 4 is 15.7 Å². The van der Waals surface area contributed by atoms with Gasteiger partial charge in [-0.3, -0.25) is 4.90 Å². The van der Waals surface area contributed by atoms with Crippen LogP contribution in [0, 0.1) is 0 Å². The second-order valence-electron chi connectivity index (χ2n) is 5.46. The first kappa shape index (κ1) is 15.3. The quantitative estimate of drug-likeness (QED) is 0.917. The van der Waals surface area contributed by atoms with Gasteiger partial charge in [0.05, 0.1) is 4.90 Å². The molecule has 1 aromatic carbocycles. The average molecular weight is 297 g/mol. The number of piperazine rings is 1. The molecule has 0 saturated carbocycles. The number of hydrogen-bond acceptors (Lipinski definition) is 4. The first-order valence-electron chi connectivity index (χ1n) is 6.86. The second kappa shape index (κ2) is 5.71. The summed E-state index contributed by atoms with van der Waals surface area (Å²) in [6.07, 6.45) is 0. The molecule has 0 amide bonds. The summed E-state index contributed by atoms with van der Waals surface area (Å²) in [6, 6.07) is 7.35. The van der Waals surface area contributed by atoms with Gasteiger partial charge >= 0.3 is 0 Å². The summed E-state index contributed by atoms with van der Waals surface area (Å²) in [5, 5.41) is 2.99. The van der Waals surface area contributed by atoms with Crippen LogP contribution in [-0.2, 0) is 10.0 Å². The van der Waals surface area contributed by atoms with Gasteiger partial charge in [-0.1, -0.05) is 0 Å². The predicted molar refractivity (Wildman–Crippen MR) is 81.4 cm³/mol. The molecule has 2 rings (SSSR count). The third-order valence-electron chi connectivity index (χ3n) is 4.11. The SMILES string of the molecule is CNc1ccc(S(=O)(=O)N2CC(C)N(C)C(C)C2)cc1. The molecule has 1 fully saturated rings. The molecular formula is C14H23N3O2S. The zero-order chi connectivity index (χ0) is 14.9. The van der Waals surface area contributed by atoms with Crippen molar-refractivity contribution in [2.75, 3.05) is 32.5 Å². The normalized spacial score (nSPS) is 25.6. The molecule has 1 saturated heterocycles. The fourth-order valence-electron chi connectivity index (χ4n) is 2.49. The maximum atomic E-state index is 12.7. The Hall–Kier alpha value is -1.11. The number of nitrogens with zero attached hydrogens (tertiary/aromatic N) is 2. The fraction of sp³-hybridized carbons (Fsp3) is 0.571. The Bertz CT molecular complexity index is 544. The number of rotatable bonds is 3. The van der Waals surface area contributed by atoms with E-state index in [4.69, 9.17) is 0 Å². The van der Waals surface area contributed by atoms with E-state index in [9.17, 15) is 8.42 Å². The van der Waals surface area contributed by atoms with Gasteiger partial charge in [-0.05, 0) is 45.2 Å². The van der Waals surface area contributed by atoms with Crippen LogP contribution >= 0.6 is 0 Å². The van der Waals surface area contributed by atoms with Gasteiger partial charge < -0.3 is 5.32 Å². The maximum Gasteiger partial charge on any atom is 0.243 e. The van der Waals surface area contributed by atoms with Crippen LogP contribution in [0.2, 0.25) is 0 Å². The zero-order valence-electron chi connectivity index (χ0n) is 12.5. The van der Waals surface area contributed by atoms with Gasteiger partial charge in [0.15, 0.2) is 0 Å². The standard InChI is InChI=1S/C14H23N3O2S/c1-11-9-17(10-12(2)16(11)4)20(18,19)14-7-5-13(15-3)6-8-14/h5-8,11-12,15H,9-10H2,1-4H3. The molecule has 1 heterocycles. The van der Waals surface area contributed by atoms with Crippen molar-refractivity contribution in [3.63, 3.8) is 0 Å². The summed E-state index contributed by atoms with van der Waals surface area (Å²) in [4.78, 5) is 2.58. The van der Waals surface area contributed by atoms with Gasteiger partial charge in [-0.25, -0.2) is 8.42 Å². The molecule has 2 unspecified atom stereocenters. The number of anilines is 1. The van der Waals surface area contributed by atoms with E-state index in [1.54, 1.807) is 28.6 Å². The zero-order valence-corrected chi connectivity index (χ0v) is 13.3. The Morgan fingerprint density at radius 2 is 1.60 bits per heavy atom. The Morgan fingerprint density at radius 3 is 2.05 bits per heavy atom. The highest BCUT2D eigenvalue weighted by atomic mass is 32.2. The van der Waals surface area contributed by atoms with E-state index in [0.29, 0.717) is 18.0 Å². The summed E-state index contributed by atoms with van der Waals surface area (Å²) >= 11 is 0. The van der Waals surface area contributed by atoms with Gasteiger partial charge in [0.1, 0.15) is 0 Å². The minimum absolute atomic E-state index is 0.227. The molecule has 0 bridgehead atoms. The van der Waals surface area contributed by atoms with E-state index in [2.05, 4.69) is 24.1 Å². The number of benzene rings is 1. The van der Waals surface area contributed by atoms with Crippen LogP contribution in [0.4, 0.5) is 5.69 Å². The van der Waals surface area contributed by atoms with Crippen molar-refractivity contribution in [3.8, 4) is 0 Å². The number of likely N-dealkylation sites (N-methyl/N-ethyl adjacent to an activating group) is 1. The van der Waals surface area contributed by atoms with Crippen molar-refractivity contribution in [1.82, 2.24) is 9.21 Å². The van der Waals surface area contributed by atoms with Crippen LogP contribution in [-0.4, -0.2) is 56.9 Å². The van der Waals surface area contributed by atoms with Crippen molar-refractivity contribution in [2.24, 2.45) is 0 Å². The molecule has 1 aromatic rings. The van der Waals surface area contributed by atoms with Crippen molar-refractivity contribution in [2.45, 2.75) is 30.8 Å². The van der Waals surface area contributed by atoms with Gasteiger partial charge in [-0.15, -0.1) is 0 Å². The van der Waals surface area contributed by atoms with Crippen LogP contribution in [0.3, 0.4) is 0 Å². The molecule has 20 heavy (non-hydrogen) atoms.